The van der Waals surface area contributed by atoms with Crippen molar-refractivity contribution in [3.63, 3.8) is 0 Å². The molecule has 0 saturated carbocycles. The molecule has 2 rings (SSSR count). The minimum atomic E-state index is -0.152. The van der Waals surface area contributed by atoms with E-state index in [9.17, 15) is 4.39 Å². The fourth-order valence-corrected chi connectivity index (χ4v) is 3.13. The van der Waals surface area contributed by atoms with Crippen molar-refractivity contribution in [3.05, 3.63) is 52.0 Å². The molecule has 0 aliphatic rings. The first-order valence-corrected chi connectivity index (χ1v) is 8.34. The van der Waals surface area contributed by atoms with E-state index in [4.69, 9.17) is 5.73 Å². The number of thiophene rings is 1. The number of nitrogens with zero attached hydrogens (tertiary/aromatic N) is 1. The van der Waals surface area contributed by atoms with E-state index in [1.165, 1.54) is 10.9 Å². The number of hydrogen-bond acceptors (Lipinski definition) is 3. The van der Waals surface area contributed by atoms with Crippen LogP contribution in [-0.4, -0.2) is 12.6 Å². The molecule has 0 aliphatic heterocycles. The van der Waals surface area contributed by atoms with Gasteiger partial charge in [0.1, 0.15) is 5.82 Å². The zero-order valence-corrected chi connectivity index (χ0v) is 13.5. The Bertz CT molecular complexity index is 554. The van der Waals surface area contributed by atoms with E-state index >= 15 is 0 Å². The molecule has 21 heavy (non-hydrogen) atoms. The van der Waals surface area contributed by atoms with E-state index in [1.54, 1.807) is 17.4 Å². The maximum Gasteiger partial charge on any atom is 0.128 e. The molecule has 1 heterocycles. The second-order valence-electron chi connectivity index (χ2n) is 5.20. The smallest absolute Gasteiger partial charge is 0.128 e. The van der Waals surface area contributed by atoms with E-state index in [-0.39, 0.29) is 11.9 Å². The number of rotatable bonds is 7. The van der Waals surface area contributed by atoms with Crippen LogP contribution in [0, 0.1) is 5.82 Å². The van der Waals surface area contributed by atoms with Crippen molar-refractivity contribution in [1.82, 2.24) is 0 Å². The lowest BCUT2D eigenvalue weighted by atomic mass is 10.0. The van der Waals surface area contributed by atoms with Crippen molar-refractivity contribution >= 4 is 17.0 Å². The number of benzene rings is 1. The van der Waals surface area contributed by atoms with Gasteiger partial charge in [-0.2, -0.15) is 0 Å². The van der Waals surface area contributed by atoms with Crippen LogP contribution in [-0.2, 0) is 13.0 Å². The van der Waals surface area contributed by atoms with Crippen molar-refractivity contribution in [1.29, 1.82) is 0 Å². The summed E-state index contributed by atoms with van der Waals surface area (Å²) in [7, 11) is 0. The first-order chi connectivity index (χ1) is 10.2. The molecule has 114 valence electrons. The third-order valence-corrected chi connectivity index (χ3v) is 4.60. The Balaban J connectivity index is 2.29. The molecule has 1 unspecified atom stereocenters. The first kappa shape index (κ1) is 16.0. The molecule has 2 N–H and O–H groups in total. The number of halogens is 1. The predicted molar refractivity (Wildman–Crippen MR) is 89.4 cm³/mol. The molecule has 2 aromatic rings. The lowest BCUT2D eigenvalue weighted by Gasteiger charge is -2.26. The first-order valence-electron chi connectivity index (χ1n) is 7.46. The summed E-state index contributed by atoms with van der Waals surface area (Å²) in [6.07, 6.45) is 1.43. The summed E-state index contributed by atoms with van der Waals surface area (Å²) in [6, 6.07) is 9.47. The van der Waals surface area contributed by atoms with Gasteiger partial charge in [0.2, 0.25) is 0 Å². The molecule has 0 saturated heterocycles. The molecule has 0 aliphatic carbocycles. The van der Waals surface area contributed by atoms with Gasteiger partial charge >= 0.3 is 0 Å². The van der Waals surface area contributed by atoms with Crippen LogP contribution >= 0.6 is 11.3 Å². The van der Waals surface area contributed by atoms with E-state index in [0.717, 1.165) is 30.8 Å². The van der Waals surface area contributed by atoms with Gasteiger partial charge in [0, 0.05) is 28.7 Å². The van der Waals surface area contributed by atoms with E-state index in [0.29, 0.717) is 6.42 Å². The minimum absolute atomic E-state index is 0.00101. The Morgan fingerprint density at radius 3 is 2.67 bits per heavy atom. The fraction of sp³-hybridized carbons (Fsp3) is 0.412. The largest absolute Gasteiger partial charge is 0.366 e. The lowest BCUT2D eigenvalue weighted by Crippen LogP contribution is -2.27. The van der Waals surface area contributed by atoms with Crippen LogP contribution in [0.3, 0.4) is 0 Å². The predicted octanol–water partition coefficient (Wildman–Crippen LogP) is 4.19. The average Bonchev–Trinajstić information content (AvgIpc) is 3.00. The Morgan fingerprint density at radius 2 is 2.05 bits per heavy atom. The molecule has 0 amide bonds. The van der Waals surface area contributed by atoms with Gasteiger partial charge in [0.15, 0.2) is 0 Å². The summed E-state index contributed by atoms with van der Waals surface area (Å²) in [5, 5.41) is 2.07. The Kier molecular flexibility index (Phi) is 5.76. The number of hydrogen-bond donors (Lipinski definition) is 1. The van der Waals surface area contributed by atoms with Crippen LogP contribution in [0.25, 0.3) is 0 Å². The molecule has 2 nitrogen and oxygen atoms in total. The highest BCUT2D eigenvalue weighted by molar-refractivity contribution is 7.09. The van der Waals surface area contributed by atoms with Crippen molar-refractivity contribution in [2.75, 3.05) is 11.4 Å². The van der Waals surface area contributed by atoms with Crippen LogP contribution in [0.2, 0.25) is 0 Å². The van der Waals surface area contributed by atoms with Gasteiger partial charge in [0.05, 0.1) is 6.54 Å². The van der Waals surface area contributed by atoms with Crippen LogP contribution in [0.5, 0.6) is 0 Å². The molecule has 1 atom stereocenters. The van der Waals surface area contributed by atoms with Gasteiger partial charge < -0.3 is 10.6 Å². The van der Waals surface area contributed by atoms with Crippen molar-refractivity contribution < 1.29 is 4.39 Å². The van der Waals surface area contributed by atoms with E-state index in [2.05, 4.69) is 23.3 Å². The topological polar surface area (TPSA) is 29.3 Å². The summed E-state index contributed by atoms with van der Waals surface area (Å²) in [4.78, 5) is 3.50. The molecular weight excluding hydrogens is 283 g/mol. The summed E-state index contributed by atoms with van der Waals surface area (Å²) >= 11 is 1.73. The van der Waals surface area contributed by atoms with Gasteiger partial charge in [-0.25, -0.2) is 4.39 Å². The molecule has 0 radical (unpaired) electrons. The van der Waals surface area contributed by atoms with Gasteiger partial charge in [0.25, 0.3) is 0 Å². The van der Waals surface area contributed by atoms with Crippen molar-refractivity contribution in [3.8, 4) is 0 Å². The highest BCUT2D eigenvalue weighted by Gasteiger charge is 2.16. The van der Waals surface area contributed by atoms with Gasteiger partial charge in [-0.3, -0.25) is 0 Å². The molecular formula is C17H23FN2S. The number of nitrogens with two attached hydrogens (primary N) is 1. The summed E-state index contributed by atoms with van der Waals surface area (Å²) < 4.78 is 14.2. The monoisotopic (exact) mass is 306 g/mol. The molecule has 1 aromatic heterocycles. The Labute approximate surface area is 130 Å². The number of anilines is 1. The minimum Gasteiger partial charge on any atom is -0.366 e. The van der Waals surface area contributed by atoms with E-state index < -0.39 is 0 Å². The highest BCUT2D eigenvalue weighted by atomic mass is 32.1. The van der Waals surface area contributed by atoms with Crippen molar-refractivity contribution in [2.45, 2.75) is 39.3 Å². The SMILES string of the molecule is CCC(N)Cc1c(F)cccc1N(CC)Cc1cccs1. The third kappa shape index (κ3) is 4.05. The zero-order valence-electron chi connectivity index (χ0n) is 12.7. The van der Waals surface area contributed by atoms with Gasteiger partial charge in [-0.1, -0.05) is 19.1 Å². The summed E-state index contributed by atoms with van der Waals surface area (Å²) in [5.41, 5.74) is 7.75. The summed E-state index contributed by atoms with van der Waals surface area (Å²) in [6.45, 7) is 5.79. The average molecular weight is 306 g/mol. The fourth-order valence-electron chi connectivity index (χ4n) is 2.41. The third-order valence-electron chi connectivity index (χ3n) is 3.73. The Hall–Kier alpha value is -1.39. The lowest BCUT2D eigenvalue weighted by molar-refractivity contribution is 0.577. The maximum atomic E-state index is 14.2. The van der Waals surface area contributed by atoms with Crippen LogP contribution in [0.15, 0.2) is 35.7 Å². The van der Waals surface area contributed by atoms with Crippen molar-refractivity contribution in [2.24, 2.45) is 5.73 Å². The maximum absolute atomic E-state index is 14.2. The molecule has 0 bridgehead atoms. The zero-order chi connectivity index (χ0) is 15.2. The summed E-state index contributed by atoms with van der Waals surface area (Å²) in [5.74, 6) is -0.152. The molecule has 0 spiro atoms. The second kappa shape index (κ2) is 7.57. The normalized spacial score (nSPS) is 12.4. The highest BCUT2D eigenvalue weighted by Crippen LogP contribution is 2.27. The Morgan fingerprint density at radius 1 is 1.24 bits per heavy atom. The molecule has 1 aromatic carbocycles. The van der Waals surface area contributed by atoms with Crippen LogP contribution in [0.1, 0.15) is 30.7 Å². The van der Waals surface area contributed by atoms with Crippen LogP contribution < -0.4 is 10.6 Å². The molecule has 4 heteroatoms. The second-order valence-corrected chi connectivity index (χ2v) is 6.24. The quantitative estimate of drug-likeness (QED) is 0.831. The van der Waals surface area contributed by atoms with Crippen LogP contribution in [0.4, 0.5) is 10.1 Å². The van der Waals surface area contributed by atoms with Gasteiger partial charge in [-0.15, -0.1) is 11.3 Å². The van der Waals surface area contributed by atoms with E-state index in [1.807, 2.05) is 19.1 Å². The van der Waals surface area contributed by atoms with Gasteiger partial charge in [-0.05, 0) is 43.3 Å². The standard InChI is InChI=1S/C17H23FN2S/c1-3-13(19)11-15-16(18)8-5-9-17(15)20(4-2)12-14-7-6-10-21-14/h5-10,13H,3-4,11-12,19H2,1-2H3. The molecule has 0 fully saturated rings.